The van der Waals surface area contributed by atoms with Crippen LogP contribution in [0.3, 0.4) is 0 Å². The molecule has 0 spiro atoms. The summed E-state index contributed by atoms with van der Waals surface area (Å²) < 4.78 is 0. The smallest absolute Gasteiger partial charge is 0.310 e. The summed E-state index contributed by atoms with van der Waals surface area (Å²) in [6, 6.07) is 8.98. The Bertz CT molecular complexity index is 452. The van der Waals surface area contributed by atoms with Crippen LogP contribution in [-0.2, 0) is 4.79 Å². The molecule has 94 valence electrons. The first-order valence-electron chi connectivity index (χ1n) is 6.43. The van der Waals surface area contributed by atoms with Gasteiger partial charge >= 0.3 is 5.97 Å². The molecule has 0 unspecified atom stereocenters. The molecule has 0 aromatic heterocycles. The third-order valence-electron chi connectivity index (χ3n) is 3.78. The van der Waals surface area contributed by atoms with Crippen LogP contribution >= 0.6 is 0 Å². The maximum absolute atomic E-state index is 11.4. The van der Waals surface area contributed by atoms with E-state index < -0.39 is 11.9 Å². The molecule has 1 aliphatic rings. The quantitative estimate of drug-likeness (QED) is 0.882. The van der Waals surface area contributed by atoms with Gasteiger partial charge in [-0.2, -0.15) is 5.26 Å². The minimum atomic E-state index is -0.758. The lowest BCUT2D eigenvalue weighted by atomic mass is 9.88. The van der Waals surface area contributed by atoms with E-state index in [0.29, 0.717) is 11.5 Å². The van der Waals surface area contributed by atoms with Crippen molar-refractivity contribution in [2.75, 3.05) is 0 Å². The Balaban J connectivity index is 2.13. The van der Waals surface area contributed by atoms with Gasteiger partial charge in [-0.05, 0) is 30.0 Å². The number of carbonyl (C=O) groups is 1. The number of rotatable bonds is 4. The molecule has 18 heavy (non-hydrogen) atoms. The Kier molecular flexibility index (Phi) is 3.99. The fourth-order valence-corrected chi connectivity index (χ4v) is 2.75. The first kappa shape index (κ1) is 12.6. The average molecular weight is 243 g/mol. The zero-order chi connectivity index (χ0) is 13.0. The minimum absolute atomic E-state index is 0.430. The van der Waals surface area contributed by atoms with Crippen LogP contribution in [0.1, 0.15) is 49.1 Å². The van der Waals surface area contributed by atoms with Crippen molar-refractivity contribution in [2.24, 2.45) is 5.92 Å². The summed E-state index contributed by atoms with van der Waals surface area (Å²) >= 11 is 0. The first-order valence-corrected chi connectivity index (χ1v) is 6.43. The van der Waals surface area contributed by atoms with Gasteiger partial charge in [0.15, 0.2) is 0 Å². The van der Waals surface area contributed by atoms with Gasteiger partial charge in [-0.3, -0.25) is 4.79 Å². The number of hydrogen-bond donors (Lipinski definition) is 1. The topological polar surface area (TPSA) is 61.1 Å². The lowest BCUT2D eigenvalue weighted by Crippen LogP contribution is -2.15. The summed E-state index contributed by atoms with van der Waals surface area (Å²) in [6.45, 7) is 0. The van der Waals surface area contributed by atoms with Crippen LogP contribution in [-0.4, -0.2) is 11.1 Å². The van der Waals surface area contributed by atoms with Gasteiger partial charge in [0.1, 0.15) is 0 Å². The molecular weight excluding hydrogens is 226 g/mol. The summed E-state index contributed by atoms with van der Waals surface area (Å²) in [7, 11) is 0. The van der Waals surface area contributed by atoms with Crippen LogP contribution in [0.25, 0.3) is 0 Å². The maximum atomic E-state index is 11.4. The van der Waals surface area contributed by atoms with Gasteiger partial charge in [-0.1, -0.05) is 37.8 Å². The van der Waals surface area contributed by atoms with Crippen LogP contribution in [0.5, 0.6) is 0 Å². The monoisotopic (exact) mass is 243 g/mol. The third kappa shape index (κ3) is 2.89. The number of nitriles is 1. The van der Waals surface area contributed by atoms with Crippen molar-refractivity contribution in [3.05, 3.63) is 35.4 Å². The number of benzene rings is 1. The van der Waals surface area contributed by atoms with Crippen molar-refractivity contribution >= 4 is 5.97 Å². The van der Waals surface area contributed by atoms with E-state index in [9.17, 15) is 9.90 Å². The van der Waals surface area contributed by atoms with Gasteiger partial charge < -0.3 is 5.11 Å². The van der Waals surface area contributed by atoms with E-state index in [2.05, 4.69) is 0 Å². The molecule has 3 nitrogen and oxygen atoms in total. The number of hydrogen-bond acceptors (Lipinski definition) is 2. The highest BCUT2D eigenvalue weighted by molar-refractivity contribution is 5.76. The van der Waals surface area contributed by atoms with E-state index in [1.807, 2.05) is 6.07 Å². The Labute approximate surface area is 107 Å². The highest BCUT2D eigenvalue weighted by atomic mass is 16.4. The molecule has 1 fully saturated rings. The van der Waals surface area contributed by atoms with Crippen LogP contribution in [0, 0.1) is 17.2 Å². The number of carboxylic acid groups (broad SMARTS) is 1. The molecule has 1 atom stereocenters. The Morgan fingerprint density at radius 1 is 1.33 bits per heavy atom. The summed E-state index contributed by atoms with van der Waals surface area (Å²) in [5, 5.41) is 18.1. The van der Waals surface area contributed by atoms with Gasteiger partial charge in [0.25, 0.3) is 0 Å². The van der Waals surface area contributed by atoms with Crippen molar-refractivity contribution in [1.82, 2.24) is 0 Å². The van der Waals surface area contributed by atoms with Gasteiger partial charge in [-0.25, -0.2) is 0 Å². The van der Waals surface area contributed by atoms with E-state index in [4.69, 9.17) is 5.26 Å². The maximum Gasteiger partial charge on any atom is 0.310 e. The second-order valence-electron chi connectivity index (χ2n) is 5.01. The molecule has 0 bridgehead atoms. The second kappa shape index (κ2) is 5.68. The zero-order valence-corrected chi connectivity index (χ0v) is 10.3. The van der Waals surface area contributed by atoms with E-state index in [1.54, 1.807) is 24.3 Å². The molecule has 0 radical (unpaired) electrons. The minimum Gasteiger partial charge on any atom is -0.481 e. The SMILES string of the molecule is N#Cc1ccc([C@H](CC2CCCC2)C(=O)O)cc1. The first-order chi connectivity index (χ1) is 8.70. The fraction of sp³-hybridized carbons (Fsp3) is 0.467. The van der Waals surface area contributed by atoms with Crippen molar-refractivity contribution in [2.45, 2.75) is 38.0 Å². The predicted molar refractivity (Wildman–Crippen MR) is 68.1 cm³/mol. The molecule has 0 amide bonds. The molecule has 1 N–H and O–H groups in total. The van der Waals surface area contributed by atoms with E-state index in [0.717, 1.165) is 24.8 Å². The summed E-state index contributed by atoms with van der Waals surface area (Å²) in [4.78, 5) is 11.4. The average Bonchev–Trinajstić information content (AvgIpc) is 2.89. The Morgan fingerprint density at radius 2 is 1.94 bits per heavy atom. The molecule has 0 aliphatic heterocycles. The van der Waals surface area contributed by atoms with Crippen molar-refractivity contribution < 1.29 is 9.90 Å². The lowest BCUT2D eigenvalue weighted by molar-refractivity contribution is -0.139. The largest absolute Gasteiger partial charge is 0.481 e. The molecule has 0 heterocycles. The fourth-order valence-electron chi connectivity index (χ4n) is 2.75. The summed E-state index contributed by atoms with van der Waals surface area (Å²) in [5.41, 5.74) is 1.39. The molecular formula is C15H17NO2. The van der Waals surface area contributed by atoms with Crippen LogP contribution in [0.2, 0.25) is 0 Å². The molecule has 1 aromatic carbocycles. The molecule has 3 heteroatoms. The van der Waals surface area contributed by atoms with Crippen molar-refractivity contribution in [1.29, 1.82) is 5.26 Å². The van der Waals surface area contributed by atoms with Gasteiger partial charge in [0.05, 0.1) is 17.6 Å². The van der Waals surface area contributed by atoms with E-state index >= 15 is 0 Å². The lowest BCUT2D eigenvalue weighted by Gasteiger charge is -2.17. The van der Waals surface area contributed by atoms with Gasteiger partial charge in [-0.15, -0.1) is 0 Å². The molecule has 1 aliphatic carbocycles. The summed E-state index contributed by atoms with van der Waals surface area (Å²) in [6.07, 6.45) is 5.48. The standard InChI is InChI=1S/C15H17NO2/c16-10-12-5-7-13(8-6-12)14(15(17)18)9-11-3-1-2-4-11/h5-8,11,14H,1-4,9H2,(H,17,18)/t14-/m0/s1. The van der Waals surface area contributed by atoms with Gasteiger partial charge in [0.2, 0.25) is 0 Å². The van der Waals surface area contributed by atoms with E-state index in [-0.39, 0.29) is 0 Å². The normalized spacial score (nSPS) is 17.3. The Hall–Kier alpha value is -1.82. The highest BCUT2D eigenvalue weighted by Crippen LogP contribution is 2.34. The van der Waals surface area contributed by atoms with Crippen LogP contribution in [0.4, 0.5) is 0 Å². The number of aliphatic carboxylic acids is 1. The van der Waals surface area contributed by atoms with Gasteiger partial charge in [0, 0.05) is 0 Å². The summed E-state index contributed by atoms with van der Waals surface area (Å²) in [5.74, 6) is -0.644. The highest BCUT2D eigenvalue weighted by Gasteiger charge is 2.26. The van der Waals surface area contributed by atoms with E-state index in [1.165, 1.54) is 12.8 Å². The molecule has 0 saturated heterocycles. The zero-order valence-electron chi connectivity index (χ0n) is 10.3. The Morgan fingerprint density at radius 3 is 2.44 bits per heavy atom. The molecule has 1 saturated carbocycles. The van der Waals surface area contributed by atoms with Crippen molar-refractivity contribution in [3.8, 4) is 6.07 Å². The third-order valence-corrected chi connectivity index (χ3v) is 3.78. The molecule has 1 aromatic rings. The molecule has 2 rings (SSSR count). The predicted octanol–water partition coefficient (Wildman–Crippen LogP) is 3.31. The van der Waals surface area contributed by atoms with Crippen LogP contribution in [0.15, 0.2) is 24.3 Å². The second-order valence-corrected chi connectivity index (χ2v) is 5.01. The van der Waals surface area contributed by atoms with Crippen molar-refractivity contribution in [3.63, 3.8) is 0 Å². The number of carboxylic acids is 1. The van der Waals surface area contributed by atoms with Crippen LogP contribution < -0.4 is 0 Å². The number of nitrogens with zero attached hydrogens (tertiary/aromatic N) is 1.